The van der Waals surface area contributed by atoms with Crippen molar-refractivity contribution in [2.24, 2.45) is 5.92 Å². The number of likely N-dealkylation sites (tertiary alicyclic amines) is 2. The van der Waals surface area contributed by atoms with E-state index in [1.807, 2.05) is 41.4 Å². The summed E-state index contributed by atoms with van der Waals surface area (Å²) < 4.78 is 4.65. The lowest BCUT2D eigenvalue weighted by atomic mass is 10.0. The first kappa shape index (κ1) is 36.4. The van der Waals surface area contributed by atoms with Gasteiger partial charge in [-0.05, 0) is 72.9 Å². The Labute approximate surface area is 315 Å². The Bertz CT molecular complexity index is 2060. The largest absolute Gasteiger partial charge is 0.453 e. The van der Waals surface area contributed by atoms with Gasteiger partial charge in [-0.2, -0.15) is 0 Å². The molecule has 2 fully saturated rings. The molecule has 4 atom stereocenters. The third-order valence-electron chi connectivity index (χ3n) is 10.5. The van der Waals surface area contributed by atoms with Gasteiger partial charge in [0.2, 0.25) is 11.8 Å². The summed E-state index contributed by atoms with van der Waals surface area (Å²) in [6.07, 6.45) is 6.50. The second-order valence-electron chi connectivity index (χ2n) is 14.5. The third-order valence-corrected chi connectivity index (χ3v) is 10.5. The highest BCUT2D eigenvalue weighted by Crippen LogP contribution is 2.35. The lowest BCUT2D eigenvalue weighted by Crippen LogP contribution is -2.46. The maximum atomic E-state index is 13.9. The molecule has 0 spiro atoms. The van der Waals surface area contributed by atoms with Crippen molar-refractivity contribution in [3.05, 3.63) is 103 Å². The van der Waals surface area contributed by atoms with E-state index in [0.717, 1.165) is 76.7 Å². The van der Waals surface area contributed by atoms with Crippen LogP contribution in [-0.2, 0) is 14.3 Å². The average Bonchev–Trinajstić information content (AvgIpc) is 4.03. The minimum absolute atomic E-state index is 0.0903. The number of ether oxygens (including phenoxy) is 1. The predicted molar refractivity (Wildman–Crippen MR) is 208 cm³/mol. The van der Waals surface area contributed by atoms with E-state index in [1.165, 1.54) is 7.11 Å². The molecule has 3 amide bonds. The number of benzene rings is 3. The smallest absolute Gasteiger partial charge is 0.407 e. The van der Waals surface area contributed by atoms with Gasteiger partial charge < -0.3 is 35.1 Å². The number of nitrogens with one attached hydrogen (secondary N) is 4. The molecule has 2 saturated heterocycles. The minimum Gasteiger partial charge on any atom is -0.453 e. The fraction of sp³-hybridized carbons (Fsp3) is 0.357. The molecule has 54 heavy (non-hydrogen) atoms. The summed E-state index contributed by atoms with van der Waals surface area (Å²) in [7, 11) is 1.28. The molecular formula is C42H48N8O4. The van der Waals surface area contributed by atoms with Crippen LogP contribution in [0.15, 0.2) is 91.3 Å². The van der Waals surface area contributed by atoms with Gasteiger partial charge in [0.15, 0.2) is 0 Å². The van der Waals surface area contributed by atoms with Gasteiger partial charge in [0.05, 0.1) is 43.0 Å². The number of carbonyl (C=O) groups excluding carboxylic acids is 3. The number of hydrogen-bond acceptors (Lipinski definition) is 7. The van der Waals surface area contributed by atoms with Crippen molar-refractivity contribution < 1.29 is 19.1 Å². The van der Waals surface area contributed by atoms with Crippen LogP contribution in [0.5, 0.6) is 0 Å². The second kappa shape index (κ2) is 16.0. The highest BCUT2D eigenvalue weighted by Gasteiger charge is 2.37. The fourth-order valence-corrected chi connectivity index (χ4v) is 7.57. The number of carbonyl (C=O) groups is 3. The Morgan fingerprint density at radius 3 is 1.67 bits per heavy atom. The second-order valence-corrected chi connectivity index (χ2v) is 14.5. The highest BCUT2D eigenvalue weighted by molar-refractivity contribution is 5.86. The molecule has 12 heteroatoms. The highest BCUT2D eigenvalue weighted by atomic mass is 16.5. The van der Waals surface area contributed by atoms with Crippen LogP contribution in [-0.4, -0.2) is 79.9 Å². The third kappa shape index (κ3) is 7.73. The zero-order valence-corrected chi connectivity index (χ0v) is 31.2. The van der Waals surface area contributed by atoms with Gasteiger partial charge in [-0.25, -0.2) is 14.8 Å². The molecule has 3 aromatic carbocycles. The van der Waals surface area contributed by atoms with E-state index in [1.54, 1.807) is 18.0 Å². The van der Waals surface area contributed by atoms with Crippen molar-refractivity contribution in [2.45, 2.75) is 70.6 Å². The summed E-state index contributed by atoms with van der Waals surface area (Å²) >= 11 is 0. The summed E-state index contributed by atoms with van der Waals surface area (Å²) in [6.45, 7) is 7.14. The minimum atomic E-state index is -0.697. The average molecular weight is 729 g/mol. The van der Waals surface area contributed by atoms with Gasteiger partial charge in [-0.1, -0.05) is 80.6 Å². The molecule has 5 aromatic rings. The van der Waals surface area contributed by atoms with E-state index >= 15 is 0 Å². The molecular weight excluding hydrogens is 681 g/mol. The number of para-hydroxylation sites is 1. The van der Waals surface area contributed by atoms with Crippen LogP contribution in [0.25, 0.3) is 33.6 Å². The molecule has 4 heterocycles. The summed E-state index contributed by atoms with van der Waals surface area (Å²) in [4.78, 5) is 58.7. The first-order valence-corrected chi connectivity index (χ1v) is 18.8. The lowest BCUT2D eigenvalue weighted by Gasteiger charge is -2.31. The number of methoxy groups -OCH3 is 1. The summed E-state index contributed by atoms with van der Waals surface area (Å²) in [5, 5.41) is 6.03. The number of aromatic amines is 2. The molecule has 7 rings (SSSR count). The number of hydrogen-bond donors (Lipinski definition) is 4. The number of rotatable bonds is 11. The zero-order valence-electron chi connectivity index (χ0n) is 31.2. The number of nitrogens with zero attached hydrogens (tertiary/aromatic N) is 4. The van der Waals surface area contributed by atoms with Gasteiger partial charge in [-0.3, -0.25) is 9.59 Å². The Morgan fingerprint density at radius 2 is 1.19 bits per heavy atom. The monoisotopic (exact) mass is 728 g/mol. The molecule has 2 aliphatic heterocycles. The molecule has 2 aliphatic rings. The fourth-order valence-electron chi connectivity index (χ4n) is 7.57. The molecule has 0 radical (unpaired) electrons. The van der Waals surface area contributed by atoms with Crippen LogP contribution in [0.3, 0.4) is 0 Å². The molecule has 0 saturated carbocycles. The van der Waals surface area contributed by atoms with Gasteiger partial charge in [-0.15, -0.1) is 0 Å². The van der Waals surface area contributed by atoms with Crippen LogP contribution < -0.4 is 10.6 Å². The summed E-state index contributed by atoms with van der Waals surface area (Å²) in [6, 6.07) is 25.3. The number of imidazole rings is 2. The van der Waals surface area contributed by atoms with Crippen LogP contribution in [0.4, 0.5) is 10.5 Å². The molecule has 12 nitrogen and oxygen atoms in total. The molecule has 4 N–H and O–H groups in total. The Kier molecular flexibility index (Phi) is 10.8. The topological polar surface area (TPSA) is 148 Å². The number of H-pyrrole nitrogens is 2. The maximum absolute atomic E-state index is 13.9. The zero-order chi connectivity index (χ0) is 37.8. The van der Waals surface area contributed by atoms with Crippen molar-refractivity contribution >= 4 is 23.6 Å². The van der Waals surface area contributed by atoms with Crippen molar-refractivity contribution in [3.63, 3.8) is 0 Å². The van der Waals surface area contributed by atoms with E-state index in [9.17, 15) is 14.4 Å². The molecule has 0 unspecified atom stereocenters. The summed E-state index contributed by atoms with van der Waals surface area (Å²) in [5.41, 5.74) is 6.92. The Hall–Kier alpha value is -5.91. The van der Waals surface area contributed by atoms with Crippen molar-refractivity contribution in [1.82, 2.24) is 35.1 Å². The van der Waals surface area contributed by atoms with Crippen molar-refractivity contribution in [1.29, 1.82) is 0 Å². The van der Waals surface area contributed by atoms with Gasteiger partial charge >= 0.3 is 6.09 Å². The molecule has 2 aromatic heterocycles. The Balaban J connectivity index is 0.993. The van der Waals surface area contributed by atoms with Gasteiger partial charge in [0.1, 0.15) is 23.7 Å². The van der Waals surface area contributed by atoms with E-state index in [-0.39, 0.29) is 35.9 Å². The number of amides is 3. The van der Waals surface area contributed by atoms with Crippen LogP contribution >= 0.6 is 0 Å². The van der Waals surface area contributed by atoms with Crippen LogP contribution in [0.2, 0.25) is 0 Å². The van der Waals surface area contributed by atoms with E-state index in [4.69, 9.17) is 4.98 Å². The normalized spacial score (nSPS) is 18.1. The molecule has 280 valence electrons. The van der Waals surface area contributed by atoms with Gasteiger partial charge in [0, 0.05) is 18.8 Å². The standard InChI is InChI=1S/C42H48N8O4/c1-26(2)37(46-32-10-6-5-7-11-32)41(52)50-23-9-13-36(50)39-44-25-34(48-39)31-20-16-29(17-21-31)28-14-18-30(19-15-28)33-24-43-38(47-33)35-12-8-22-49(35)40(51)27(3)45-42(53)54-4/h5-7,10-11,14-21,24-27,35-37,46H,8-9,12-13,22-23H2,1-4H3,(H,43,47)(H,44,48)(H,45,53)/t27-,35-,36-,37-/m0/s1. The first-order valence-electron chi connectivity index (χ1n) is 18.8. The van der Waals surface area contributed by atoms with Crippen LogP contribution in [0.1, 0.15) is 70.2 Å². The summed E-state index contributed by atoms with van der Waals surface area (Å²) in [5.74, 6) is 1.61. The van der Waals surface area contributed by atoms with E-state index in [0.29, 0.717) is 13.1 Å². The quantitative estimate of drug-likeness (QED) is 0.111. The lowest BCUT2D eigenvalue weighted by molar-refractivity contribution is -0.134. The predicted octanol–water partition coefficient (Wildman–Crippen LogP) is 7.34. The van der Waals surface area contributed by atoms with E-state index in [2.05, 4.69) is 92.7 Å². The van der Waals surface area contributed by atoms with Gasteiger partial charge in [0.25, 0.3) is 0 Å². The van der Waals surface area contributed by atoms with E-state index < -0.39 is 12.1 Å². The number of aromatic nitrogens is 4. The van der Waals surface area contributed by atoms with Crippen LogP contribution in [0, 0.1) is 5.92 Å². The van der Waals surface area contributed by atoms with Crippen molar-refractivity contribution in [3.8, 4) is 33.6 Å². The molecule has 0 aliphatic carbocycles. The number of alkyl carbamates (subject to hydrolysis) is 1. The molecule has 0 bridgehead atoms. The number of anilines is 1. The SMILES string of the molecule is COC(=O)N[C@@H](C)C(=O)N1CCC[C@H]1c1ncc(-c2ccc(-c3ccc(-c4cnc([C@@H]5CCCN5C(=O)[C@@H](Nc5ccccc5)C(C)C)[nH]4)cc3)cc2)[nH]1. The maximum Gasteiger partial charge on any atom is 0.407 e. The Morgan fingerprint density at radius 1 is 0.704 bits per heavy atom. The first-order chi connectivity index (χ1) is 26.2. The van der Waals surface area contributed by atoms with Crippen molar-refractivity contribution in [2.75, 3.05) is 25.5 Å².